The number of piperazine rings is 1. The molecule has 1 saturated heterocycles. The van der Waals surface area contributed by atoms with E-state index in [9.17, 15) is 24.3 Å². The fraction of sp³-hybridized carbons (Fsp3) is 0.395. The second-order valence-electron chi connectivity index (χ2n) is 13.1. The third-order valence-corrected chi connectivity index (χ3v) is 9.96. The number of ketones is 1. The molecule has 310 valence electrons. The quantitative estimate of drug-likeness (QED) is 0.0264. The summed E-state index contributed by atoms with van der Waals surface area (Å²) in [5.41, 5.74) is 11.7. The van der Waals surface area contributed by atoms with E-state index in [0.717, 1.165) is 37.6 Å². The van der Waals surface area contributed by atoms with E-state index in [1.54, 1.807) is 6.07 Å². The third-order valence-electron chi connectivity index (χ3n) is 8.74. The largest absolute Gasteiger partial charge is 0.505 e. The minimum Gasteiger partial charge on any atom is -0.505 e. The molecule has 1 fully saturated rings. The molecule has 5 rings (SSSR count). The lowest BCUT2D eigenvalue weighted by atomic mass is 10.1. The number of nitrogens with one attached hydrogen (secondary N) is 2. The molecule has 2 aromatic carbocycles. The minimum absolute atomic E-state index is 0.0237. The van der Waals surface area contributed by atoms with Crippen molar-refractivity contribution in [3.63, 3.8) is 0 Å². The number of halogens is 1. The maximum atomic E-state index is 12.9. The van der Waals surface area contributed by atoms with Crippen molar-refractivity contribution in [1.29, 1.82) is 0 Å². The van der Waals surface area contributed by atoms with E-state index in [2.05, 4.69) is 35.4 Å². The molecule has 4 aromatic rings. The van der Waals surface area contributed by atoms with Crippen molar-refractivity contribution in [2.75, 3.05) is 93.6 Å². The molecule has 18 nitrogen and oxygen atoms in total. The van der Waals surface area contributed by atoms with E-state index in [4.69, 9.17) is 42.0 Å². The van der Waals surface area contributed by atoms with Crippen LogP contribution in [0.3, 0.4) is 0 Å². The lowest BCUT2D eigenvalue weighted by molar-refractivity contribution is -0.140. The van der Waals surface area contributed by atoms with Gasteiger partial charge in [0.25, 0.3) is 11.8 Å². The van der Waals surface area contributed by atoms with Gasteiger partial charge in [-0.1, -0.05) is 35.1 Å². The predicted molar refractivity (Wildman–Crippen MR) is 218 cm³/mol. The van der Waals surface area contributed by atoms with Crippen LogP contribution in [0, 0.1) is 13.8 Å². The second kappa shape index (κ2) is 21.4. The van der Waals surface area contributed by atoms with E-state index >= 15 is 0 Å². The molecule has 2 aromatic heterocycles. The standard InChI is InChI=1S/C38H46ClN9O9S/c1-23-5-3-7-26(39)34(23)46-37(53)29-20-42-38(58-29)45-30-19-31(44-24(2)43-30)48-12-10-47(11-13-48)14-16-55-21-25(49)6-4-15-54-17-18-56-22-32(50)57-28-9-8-27(40)35(51)33(28)36(41)52/h3,5,7-9,19-20,51H,4,6,10-18,21-22,40H2,1-2H3,(H2,41,52)(H,46,53)(H,42,43,44,45). The predicted octanol–water partition coefficient (Wildman–Crippen LogP) is 3.71. The molecule has 0 saturated carbocycles. The third kappa shape index (κ3) is 12.8. The number of benzene rings is 2. The van der Waals surface area contributed by atoms with Crippen LogP contribution in [0.2, 0.25) is 5.02 Å². The number of aromatic hydroxyl groups is 1. The van der Waals surface area contributed by atoms with Gasteiger partial charge in [-0.05, 0) is 44.0 Å². The summed E-state index contributed by atoms with van der Waals surface area (Å²) in [7, 11) is 0. The molecule has 0 atom stereocenters. The molecule has 20 heteroatoms. The zero-order chi connectivity index (χ0) is 41.6. The van der Waals surface area contributed by atoms with Crippen LogP contribution in [0.15, 0.2) is 42.6 Å². The number of aromatic nitrogens is 3. The van der Waals surface area contributed by atoms with Crippen molar-refractivity contribution in [3.05, 3.63) is 69.4 Å². The number of nitrogens with two attached hydrogens (primary N) is 2. The first-order valence-electron chi connectivity index (χ1n) is 18.4. The number of hydrogen-bond donors (Lipinski definition) is 5. The highest BCUT2D eigenvalue weighted by molar-refractivity contribution is 7.17. The smallest absolute Gasteiger partial charge is 0.337 e. The van der Waals surface area contributed by atoms with Crippen LogP contribution in [-0.2, 0) is 23.8 Å². The number of rotatable bonds is 21. The highest BCUT2D eigenvalue weighted by Crippen LogP contribution is 2.33. The molecule has 1 aliphatic rings. The Kier molecular flexibility index (Phi) is 16.1. The Morgan fingerprint density at radius 1 is 0.966 bits per heavy atom. The lowest BCUT2D eigenvalue weighted by Gasteiger charge is -2.35. The molecule has 1 aliphatic heterocycles. The van der Waals surface area contributed by atoms with Crippen LogP contribution < -0.4 is 31.7 Å². The molecular formula is C38H46ClN9O9S. The Labute approximate surface area is 343 Å². The van der Waals surface area contributed by atoms with Crippen molar-refractivity contribution in [1.82, 2.24) is 19.9 Å². The summed E-state index contributed by atoms with van der Waals surface area (Å²) in [4.78, 5) is 67.2. The fourth-order valence-corrected chi connectivity index (χ4v) is 6.74. The van der Waals surface area contributed by atoms with Crippen molar-refractivity contribution in [3.8, 4) is 11.5 Å². The lowest BCUT2D eigenvalue weighted by Crippen LogP contribution is -2.47. The monoisotopic (exact) mass is 839 g/mol. The maximum absolute atomic E-state index is 12.9. The summed E-state index contributed by atoms with van der Waals surface area (Å²) in [5.74, 6) is -0.967. The average molecular weight is 840 g/mol. The zero-order valence-corrected chi connectivity index (χ0v) is 33.7. The molecule has 0 aliphatic carbocycles. The number of para-hydroxylation sites is 1. The van der Waals surface area contributed by atoms with E-state index in [1.807, 2.05) is 32.0 Å². The van der Waals surface area contributed by atoms with Crippen molar-refractivity contribution in [2.24, 2.45) is 5.73 Å². The molecule has 0 unspecified atom stereocenters. The molecule has 0 radical (unpaired) electrons. The van der Waals surface area contributed by atoms with Gasteiger partial charge in [-0.25, -0.2) is 19.7 Å². The number of aryl methyl sites for hydroxylation is 2. The number of anilines is 5. The number of phenols is 1. The Morgan fingerprint density at radius 2 is 1.72 bits per heavy atom. The van der Waals surface area contributed by atoms with E-state index in [0.29, 0.717) is 65.0 Å². The fourth-order valence-electron chi connectivity index (χ4n) is 5.75. The van der Waals surface area contributed by atoms with Crippen LogP contribution in [0.25, 0.3) is 0 Å². The average Bonchev–Trinajstić information content (AvgIpc) is 3.66. The number of hydrogen-bond acceptors (Lipinski definition) is 17. The molecule has 0 bridgehead atoms. The summed E-state index contributed by atoms with van der Waals surface area (Å²) in [5, 5.41) is 17.0. The first-order chi connectivity index (χ1) is 27.9. The molecule has 7 N–H and O–H groups in total. The summed E-state index contributed by atoms with van der Waals surface area (Å²) >= 11 is 7.48. The Bertz CT molecular complexity index is 2060. The minimum atomic E-state index is -1.00. The van der Waals surface area contributed by atoms with Gasteiger partial charge >= 0.3 is 5.97 Å². The van der Waals surface area contributed by atoms with Gasteiger partial charge in [0.2, 0.25) is 0 Å². The number of ether oxygens (including phenoxy) is 4. The maximum Gasteiger partial charge on any atom is 0.337 e. The van der Waals surface area contributed by atoms with Gasteiger partial charge < -0.3 is 51.1 Å². The van der Waals surface area contributed by atoms with Gasteiger partial charge in [0.1, 0.15) is 46.9 Å². The number of carbonyl (C=O) groups excluding carboxylic acids is 4. The molecular weight excluding hydrogens is 794 g/mol. The SMILES string of the molecule is Cc1nc(Nc2ncc(C(=O)Nc3c(C)cccc3Cl)s2)cc(N2CCN(CCOCC(=O)CCCOCCOCC(=O)Oc3ccc(N)c(O)c3C(N)=O)CC2)n1. The van der Waals surface area contributed by atoms with Gasteiger partial charge in [0, 0.05) is 51.8 Å². The molecule has 2 amide bonds. The summed E-state index contributed by atoms with van der Waals surface area (Å²) in [6.07, 6.45) is 2.32. The topological polar surface area (TPSA) is 247 Å². The number of nitrogens with zero attached hydrogens (tertiary/aromatic N) is 5. The molecule has 0 spiro atoms. The van der Waals surface area contributed by atoms with E-state index in [-0.39, 0.29) is 42.9 Å². The normalized spacial score (nSPS) is 13.0. The number of Topliss-reactive ketones (excluding diaryl/α,β-unsaturated/α-hetero) is 1. The highest BCUT2D eigenvalue weighted by atomic mass is 35.5. The molecule has 58 heavy (non-hydrogen) atoms. The first kappa shape index (κ1) is 43.7. The summed E-state index contributed by atoms with van der Waals surface area (Å²) in [6.45, 7) is 8.13. The first-order valence-corrected chi connectivity index (χ1v) is 19.6. The Hall–Kier alpha value is -5.44. The van der Waals surface area contributed by atoms with Crippen molar-refractivity contribution < 1.29 is 43.2 Å². The Morgan fingerprint density at radius 3 is 2.48 bits per heavy atom. The van der Waals surface area contributed by atoms with Crippen molar-refractivity contribution >= 4 is 74.6 Å². The van der Waals surface area contributed by atoms with E-state index in [1.165, 1.54) is 29.7 Å². The number of esters is 1. The summed E-state index contributed by atoms with van der Waals surface area (Å²) in [6, 6.07) is 9.82. The molecule has 3 heterocycles. The van der Waals surface area contributed by atoms with Gasteiger partial charge in [-0.2, -0.15) is 0 Å². The van der Waals surface area contributed by atoms with Crippen LogP contribution >= 0.6 is 22.9 Å². The Balaban J connectivity index is 0.912. The number of amides is 2. The van der Waals surface area contributed by atoms with Crippen molar-refractivity contribution in [2.45, 2.75) is 26.7 Å². The van der Waals surface area contributed by atoms with Gasteiger partial charge in [0.15, 0.2) is 16.7 Å². The van der Waals surface area contributed by atoms with Crippen LogP contribution in [0.4, 0.5) is 28.1 Å². The van der Waals surface area contributed by atoms with Crippen LogP contribution in [0.1, 0.15) is 44.3 Å². The van der Waals surface area contributed by atoms with Crippen LogP contribution in [-0.4, -0.2) is 121 Å². The van der Waals surface area contributed by atoms with Crippen LogP contribution in [0.5, 0.6) is 11.5 Å². The highest BCUT2D eigenvalue weighted by Gasteiger charge is 2.22. The number of carbonyl (C=O) groups is 4. The number of nitrogen functional groups attached to an aromatic ring is 1. The second-order valence-corrected chi connectivity index (χ2v) is 14.5. The van der Waals surface area contributed by atoms with E-state index < -0.39 is 29.8 Å². The van der Waals surface area contributed by atoms with Gasteiger partial charge in [0.05, 0.1) is 42.4 Å². The number of thiazole rings is 1. The van der Waals surface area contributed by atoms with Gasteiger partial charge in [-0.15, -0.1) is 0 Å². The van der Waals surface area contributed by atoms with Gasteiger partial charge in [-0.3, -0.25) is 19.3 Å². The summed E-state index contributed by atoms with van der Waals surface area (Å²) < 4.78 is 21.4. The zero-order valence-electron chi connectivity index (χ0n) is 32.1. The number of primary amides is 1.